The summed E-state index contributed by atoms with van der Waals surface area (Å²) in [7, 11) is 2.52. The molecule has 114 valence electrons. The maximum Gasteiger partial charge on any atom is 0.325 e. The number of nitrogens with zero attached hydrogens (tertiary/aromatic N) is 1. The maximum atomic E-state index is 11.5. The first-order valence-corrected chi connectivity index (χ1v) is 6.65. The van der Waals surface area contributed by atoms with Crippen molar-refractivity contribution in [1.82, 2.24) is 0 Å². The first kappa shape index (κ1) is 17.2. The number of rotatable bonds is 6. The molecule has 0 unspecified atom stereocenters. The summed E-state index contributed by atoms with van der Waals surface area (Å²) in [5.41, 5.74) is 6.63. The number of hydrogen-bond acceptors (Lipinski definition) is 6. The number of benzene rings is 1. The van der Waals surface area contributed by atoms with Crippen molar-refractivity contribution in [2.24, 2.45) is 5.73 Å². The number of ether oxygens (including phenoxy) is 2. The van der Waals surface area contributed by atoms with Crippen molar-refractivity contribution < 1.29 is 19.1 Å². The monoisotopic (exact) mass is 330 g/mol. The Bertz CT molecular complexity index is 547. The lowest BCUT2D eigenvalue weighted by atomic mass is 10.1. The van der Waals surface area contributed by atoms with Crippen molar-refractivity contribution in [3.05, 3.63) is 28.8 Å². The molecule has 0 aromatic heterocycles. The zero-order valence-electron chi connectivity index (χ0n) is 11.6. The Morgan fingerprint density at radius 3 is 2.19 bits per heavy atom. The second-order valence-electron chi connectivity index (χ2n) is 4.03. The molecule has 1 aromatic carbocycles. The number of hydrogen-bond donors (Lipinski definition) is 1. The molecule has 0 aliphatic carbocycles. The number of nitrogens with two attached hydrogens (primary N) is 1. The van der Waals surface area contributed by atoms with E-state index in [2.05, 4.69) is 9.47 Å². The van der Waals surface area contributed by atoms with Crippen LogP contribution in [0.2, 0.25) is 5.02 Å². The summed E-state index contributed by atoms with van der Waals surface area (Å²) in [5, 5.41) is 0.442. The van der Waals surface area contributed by atoms with E-state index in [1.54, 1.807) is 18.2 Å². The van der Waals surface area contributed by atoms with Crippen LogP contribution in [0, 0.1) is 0 Å². The fraction of sp³-hybridized carbons (Fsp3) is 0.308. The van der Waals surface area contributed by atoms with Crippen LogP contribution in [0.1, 0.15) is 5.56 Å². The van der Waals surface area contributed by atoms with Crippen LogP contribution in [-0.4, -0.2) is 44.2 Å². The fourth-order valence-electron chi connectivity index (χ4n) is 1.65. The highest BCUT2D eigenvalue weighted by molar-refractivity contribution is 7.80. The second-order valence-corrected chi connectivity index (χ2v) is 4.91. The van der Waals surface area contributed by atoms with E-state index in [1.165, 1.54) is 19.1 Å². The molecule has 0 aliphatic rings. The van der Waals surface area contributed by atoms with Gasteiger partial charge in [0.1, 0.15) is 18.1 Å². The molecule has 0 fully saturated rings. The molecule has 0 amide bonds. The van der Waals surface area contributed by atoms with Crippen LogP contribution in [0.25, 0.3) is 0 Å². The summed E-state index contributed by atoms with van der Waals surface area (Å²) in [4.78, 5) is 24.6. The van der Waals surface area contributed by atoms with Crippen molar-refractivity contribution in [2.45, 2.75) is 0 Å². The lowest BCUT2D eigenvalue weighted by Crippen LogP contribution is -2.37. The van der Waals surface area contributed by atoms with Gasteiger partial charge in [0.15, 0.2) is 0 Å². The van der Waals surface area contributed by atoms with Gasteiger partial charge in [-0.05, 0) is 18.2 Å². The summed E-state index contributed by atoms with van der Waals surface area (Å²) in [5.74, 6) is -1.02. The van der Waals surface area contributed by atoms with E-state index >= 15 is 0 Å². The normalized spacial score (nSPS) is 9.86. The van der Waals surface area contributed by atoms with Crippen molar-refractivity contribution in [2.75, 3.05) is 32.2 Å². The van der Waals surface area contributed by atoms with Gasteiger partial charge in [-0.3, -0.25) is 9.59 Å². The van der Waals surface area contributed by atoms with E-state index < -0.39 is 11.9 Å². The Hall–Kier alpha value is -1.86. The minimum absolute atomic E-state index is 0.104. The minimum atomic E-state index is -0.511. The molecule has 1 aromatic rings. The van der Waals surface area contributed by atoms with E-state index in [4.69, 9.17) is 29.6 Å². The van der Waals surface area contributed by atoms with Crippen LogP contribution >= 0.6 is 23.8 Å². The summed E-state index contributed by atoms with van der Waals surface area (Å²) in [6.07, 6.45) is 0. The predicted octanol–water partition coefficient (Wildman–Crippen LogP) is 1.13. The Kier molecular flexibility index (Phi) is 6.39. The summed E-state index contributed by atoms with van der Waals surface area (Å²) >= 11 is 10.9. The van der Waals surface area contributed by atoms with Gasteiger partial charge in [-0.2, -0.15) is 0 Å². The third-order valence-electron chi connectivity index (χ3n) is 2.66. The summed E-state index contributed by atoms with van der Waals surface area (Å²) in [6.45, 7) is -0.300. The smallest absolute Gasteiger partial charge is 0.325 e. The molecule has 1 rings (SSSR count). The van der Waals surface area contributed by atoms with E-state index in [-0.39, 0.29) is 18.1 Å². The number of carbonyl (C=O) groups is 2. The molecule has 0 heterocycles. The minimum Gasteiger partial charge on any atom is -0.468 e. The highest BCUT2D eigenvalue weighted by Crippen LogP contribution is 2.24. The Morgan fingerprint density at radius 1 is 1.24 bits per heavy atom. The van der Waals surface area contributed by atoms with Crippen molar-refractivity contribution >= 4 is 46.4 Å². The molecule has 0 saturated heterocycles. The quantitative estimate of drug-likeness (QED) is 0.618. The molecule has 0 bridgehead atoms. The first-order valence-electron chi connectivity index (χ1n) is 5.87. The number of carbonyl (C=O) groups excluding carboxylic acids is 2. The first-order chi connectivity index (χ1) is 9.88. The Morgan fingerprint density at radius 2 is 1.76 bits per heavy atom. The van der Waals surface area contributed by atoms with Gasteiger partial charge in [0.05, 0.1) is 14.2 Å². The number of thiocarbonyl (C=S) groups is 1. The number of methoxy groups -OCH3 is 2. The molecule has 0 spiro atoms. The molecule has 21 heavy (non-hydrogen) atoms. The molecular formula is C13H15ClN2O4S. The van der Waals surface area contributed by atoms with E-state index in [9.17, 15) is 9.59 Å². The van der Waals surface area contributed by atoms with E-state index in [1.807, 2.05) is 0 Å². The number of halogens is 1. The van der Waals surface area contributed by atoms with Gasteiger partial charge in [-0.25, -0.2) is 0 Å². The standard InChI is InChI=1S/C13H15ClN2O4S/c1-19-11(17)6-16(7-12(18)20-2)10-4-3-8(14)5-9(10)13(15)21/h3-5H,6-7H2,1-2H3,(H2,15,21). The predicted molar refractivity (Wildman–Crippen MR) is 83.6 cm³/mol. The molecule has 0 radical (unpaired) electrons. The van der Waals surface area contributed by atoms with Gasteiger partial charge >= 0.3 is 11.9 Å². The largest absolute Gasteiger partial charge is 0.468 e. The topological polar surface area (TPSA) is 81.9 Å². The summed E-state index contributed by atoms with van der Waals surface area (Å²) < 4.78 is 9.24. The SMILES string of the molecule is COC(=O)CN(CC(=O)OC)c1ccc(Cl)cc1C(N)=S. The Balaban J connectivity index is 3.21. The van der Waals surface area contributed by atoms with E-state index in [0.717, 1.165) is 0 Å². The van der Waals surface area contributed by atoms with Crippen molar-refractivity contribution in [3.8, 4) is 0 Å². The lowest BCUT2D eigenvalue weighted by Gasteiger charge is -2.24. The van der Waals surface area contributed by atoms with Gasteiger partial charge in [0, 0.05) is 16.3 Å². The summed E-state index contributed by atoms with van der Waals surface area (Å²) in [6, 6.07) is 4.81. The third kappa shape index (κ3) is 4.87. The van der Waals surface area contributed by atoms with Crippen LogP contribution in [0.4, 0.5) is 5.69 Å². The van der Waals surface area contributed by atoms with Crippen molar-refractivity contribution in [3.63, 3.8) is 0 Å². The molecule has 0 aliphatic heterocycles. The zero-order valence-corrected chi connectivity index (χ0v) is 13.2. The highest BCUT2D eigenvalue weighted by atomic mass is 35.5. The van der Waals surface area contributed by atoms with Gasteiger partial charge in [0.25, 0.3) is 0 Å². The maximum absolute atomic E-state index is 11.5. The van der Waals surface area contributed by atoms with E-state index in [0.29, 0.717) is 16.3 Å². The molecular weight excluding hydrogens is 316 g/mol. The van der Waals surface area contributed by atoms with Crippen LogP contribution in [0.5, 0.6) is 0 Å². The van der Waals surface area contributed by atoms with Gasteiger partial charge in [-0.1, -0.05) is 23.8 Å². The number of anilines is 1. The van der Waals surface area contributed by atoms with Gasteiger partial charge in [-0.15, -0.1) is 0 Å². The second kappa shape index (κ2) is 7.80. The van der Waals surface area contributed by atoms with Gasteiger partial charge in [0.2, 0.25) is 0 Å². The molecule has 6 nitrogen and oxygen atoms in total. The molecule has 8 heteroatoms. The molecule has 0 atom stereocenters. The van der Waals surface area contributed by atoms with Gasteiger partial charge < -0.3 is 20.1 Å². The fourth-order valence-corrected chi connectivity index (χ4v) is 1.98. The van der Waals surface area contributed by atoms with Crippen molar-refractivity contribution in [1.29, 1.82) is 0 Å². The van der Waals surface area contributed by atoms with Crippen LogP contribution in [0.3, 0.4) is 0 Å². The average Bonchev–Trinajstić information content (AvgIpc) is 2.45. The van der Waals surface area contributed by atoms with Crippen LogP contribution in [0.15, 0.2) is 18.2 Å². The molecule has 0 saturated carbocycles. The molecule has 2 N–H and O–H groups in total. The third-order valence-corrected chi connectivity index (χ3v) is 3.12. The van der Waals surface area contributed by atoms with Crippen LogP contribution < -0.4 is 10.6 Å². The van der Waals surface area contributed by atoms with Crippen LogP contribution in [-0.2, 0) is 19.1 Å². The Labute approximate surface area is 132 Å². The average molecular weight is 331 g/mol. The highest BCUT2D eigenvalue weighted by Gasteiger charge is 2.20. The lowest BCUT2D eigenvalue weighted by molar-refractivity contribution is -0.140. The zero-order chi connectivity index (χ0) is 16.0. The number of esters is 2.